The molecule has 0 saturated heterocycles. The van der Waals surface area contributed by atoms with Gasteiger partial charge in [-0.15, -0.1) is 11.3 Å². The lowest BCUT2D eigenvalue weighted by Gasteiger charge is -2.40. The third kappa shape index (κ3) is 3.64. The lowest BCUT2D eigenvalue weighted by atomic mass is 9.74. The second kappa shape index (κ2) is 8.42. The van der Waals surface area contributed by atoms with Crippen molar-refractivity contribution in [1.82, 2.24) is 0 Å². The maximum Gasteiger partial charge on any atom is 0.197 e. The number of nitrogens with zero attached hydrogens (tertiary/aromatic N) is 1. The molecule has 2 heterocycles. The zero-order valence-corrected chi connectivity index (χ0v) is 22.6. The Bertz CT molecular complexity index is 1630. The van der Waals surface area contributed by atoms with Gasteiger partial charge >= 0.3 is 0 Å². The van der Waals surface area contributed by atoms with Crippen molar-refractivity contribution in [2.24, 2.45) is 0 Å². The van der Waals surface area contributed by atoms with Crippen LogP contribution in [0.1, 0.15) is 75.9 Å². The van der Waals surface area contributed by atoms with E-state index in [1.165, 1.54) is 22.4 Å². The van der Waals surface area contributed by atoms with Gasteiger partial charge < -0.3 is 4.90 Å². The van der Waals surface area contributed by atoms with E-state index < -0.39 is 0 Å². The number of carbonyl (C=O) groups is 2. The van der Waals surface area contributed by atoms with Crippen molar-refractivity contribution in [3.05, 3.63) is 111 Å². The van der Waals surface area contributed by atoms with E-state index in [9.17, 15) is 9.59 Å². The van der Waals surface area contributed by atoms with Gasteiger partial charge in [-0.3, -0.25) is 9.59 Å². The van der Waals surface area contributed by atoms with Crippen LogP contribution in [0, 0.1) is 0 Å². The number of rotatable bonds is 3. The highest BCUT2D eigenvalue weighted by molar-refractivity contribution is 7.17. The van der Waals surface area contributed by atoms with Crippen molar-refractivity contribution in [1.29, 1.82) is 0 Å². The van der Waals surface area contributed by atoms with Crippen molar-refractivity contribution >= 4 is 58.7 Å². The van der Waals surface area contributed by atoms with Gasteiger partial charge in [-0.1, -0.05) is 81.7 Å². The maximum atomic E-state index is 13.2. The Labute approximate surface area is 222 Å². The molecule has 1 aliphatic carbocycles. The Kier molecular flexibility index (Phi) is 5.39. The number of anilines is 3. The molecule has 6 rings (SSSR count). The van der Waals surface area contributed by atoms with Crippen LogP contribution in [0.2, 0.25) is 0 Å². The molecule has 1 aliphatic heterocycles. The van der Waals surface area contributed by atoms with Crippen molar-refractivity contribution in [3.63, 3.8) is 0 Å². The Morgan fingerprint density at radius 3 is 2.32 bits per heavy atom. The molecule has 3 nitrogen and oxygen atoms in total. The van der Waals surface area contributed by atoms with Gasteiger partial charge in [0.15, 0.2) is 11.6 Å². The van der Waals surface area contributed by atoms with E-state index in [4.69, 9.17) is 0 Å². The summed E-state index contributed by atoms with van der Waals surface area (Å²) in [6.07, 6.45) is 1.80. The molecule has 0 N–H and O–H groups in total. The van der Waals surface area contributed by atoms with E-state index >= 15 is 0 Å². The molecule has 4 aromatic rings. The van der Waals surface area contributed by atoms with Crippen LogP contribution in [-0.4, -0.2) is 19.4 Å². The molecule has 2 aliphatic rings. The average molecular weight is 501 g/mol. The number of Topliss-reactive ketones (excluding diaryl/α,β-unsaturated/α-hetero) is 2. The molecule has 5 heteroatoms. The van der Waals surface area contributed by atoms with Crippen LogP contribution in [0.3, 0.4) is 0 Å². The molecule has 0 spiro atoms. The number of carbonyl (C=O) groups excluding carboxylic acids is 2. The Balaban J connectivity index is 1.53. The molecular formula is C32H28BNO2S. The molecule has 0 unspecified atom stereocenters. The van der Waals surface area contributed by atoms with Crippen molar-refractivity contribution in [2.45, 2.75) is 39.0 Å². The molecule has 3 aromatic carbocycles. The van der Waals surface area contributed by atoms with Crippen LogP contribution in [0.5, 0.6) is 0 Å². The highest BCUT2D eigenvalue weighted by atomic mass is 32.1. The summed E-state index contributed by atoms with van der Waals surface area (Å²) in [5, 5.41) is 1.12. The first-order chi connectivity index (χ1) is 17.7. The summed E-state index contributed by atoms with van der Waals surface area (Å²) in [4.78, 5) is 29.6. The van der Waals surface area contributed by atoms with Crippen molar-refractivity contribution in [3.8, 4) is 0 Å². The average Bonchev–Trinajstić information content (AvgIpc) is 3.40. The monoisotopic (exact) mass is 501 g/mol. The minimum Gasteiger partial charge on any atom is -0.301 e. The second-order valence-corrected chi connectivity index (χ2v) is 11.9. The predicted molar refractivity (Wildman–Crippen MR) is 156 cm³/mol. The van der Waals surface area contributed by atoms with Gasteiger partial charge in [0.05, 0.1) is 11.3 Å². The van der Waals surface area contributed by atoms with E-state index in [0.29, 0.717) is 17.0 Å². The topological polar surface area (TPSA) is 37.4 Å². The van der Waals surface area contributed by atoms with Crippen LogP contribution < -0.4 is 10.4 Å². The number of hydrogen-bond acceptors (Lipinski definition) is 4. The number of hydrogen-bond donors (Lipinski definition) is 0. The summed E-state index contributed by atoms with van der Waals surface area (Å²) in [6.45, 7) is 8.99. The van der Waals surface area contributed by atoms with Crippen molar-refractivity contribution < 1.29 is 9.59 Å². The first-order valence-electron chi connectivity index (χ1n) is 12.7. The molecule has 0 radical (unpaired) electrons. The number of para-hydroxylation sites is 1. The number of benzene rings is 3. The first kappa shape index (κ1) is 23.7. The summed E-state index contributed by atoms with van der Waals surface area (Å²) < 4.78 is 0. The van der Waals surface area contributed by atoms with Crippen LogP contribution >= 0.6 is 11.3 Å². The van der Waals surface area contributed by atoms with Gasteiger partial charge in [0.2, 0.25) is 0 Å². The fourth-order valence-corrected chi connectivity index (χ4v) is 6.79. The highest BCUT2D eigenvalue weighted by Crippen LogP contribution is 2.55. The van der Waals surface area contributed by atoms with E-state index in [-0.39, 0.29) is 22.6 Å². The Morgan fingerprint density at radius 1 is 0.865 bits per heavy atom. The van der Waals surface area contributed by atoms with E-state index in [1.54, 1.807) is 23.5 Å². The fraction of sp³-hybridized carbons (Fsp3) is 0.188. The molecule has 0 bridgehead atoms. The minimum absolute atomic E-state index is 0.181. The van der Waals surface area contributed by atoms with E-state index in [1.807, 2.05) is 26.0 Å². The van der Waals surface area contributed by atoms with Crippen LogP contribution in [0.15, 0.2) is 78.4 Å². The number of allylic oxidation sites excluding steroid dienone is 1. The third-order valence-electron chi connectivity index (χ3n) is 7.66. The van der Waals surface area contributed by atoms with E-state index in [2.05, 4.69) is 81.1 Å². The number of ketones is 2. The zero-order chi connectivity index (χ0) is 26.1. The van der Waals surface area contributed by atoms with Gasteiger partial charge in [-0.2, -0.15) is 0 Å². The SMILES string of the molecule is Bc1ccc2c(c1)C(=O)/C(=C/c1cc3c(s1)N(c1ccccc1)c1ccc(C(C)C)cc1C3(C)C)C2=O. The fourth-order valence-electron chi connectivity index (χ4n) is 5.49. The largest absolute Gasteiger partial charge is 0.301 e. The highest BCUT2D eigenvalue weighted by Gasteiger charge is 2.39. The molecule has 0 atom stereocenters. The second-order valence-electron chi connectivity index (χ2n) is 10.9. The maximum absolute atomic E-state index is 13.2. The number of thiophene rings is 1. The van der Waals surface area contributed by atoms with Crippen LogP contribution in [0.25, 0.3) is 6.08 Å². The van der Waals surface area contributed by atoms with Crippen LogP contribution in [0.4, 0.5) is 16.4 Å². The van der Waals surface area contributed by atoms with Gasteiger partial charge in [0.1, 0.15) is 12.8 Å². The molecule has 0 amide bonds. The molecular weight excluding hydrogens is 473 g/mol. The summed E-state index contributed by atoms with van der Waals surface area (Å²) in [5.74, 6) is 0.0645. The lowest BCUT2D eigenvalue weighted by Crippen LogP contribution is -2.29. The molecule has 0 fully saturated rings. The lowest BCUT2D eigenvalue weighted by molar-refractivity contribution is 0.0990. The van der Waals surface area contributed by atoms with Gasteiger partial charge in [-0.05, 0) is 52.9 Å². The minimum atomic E-state index is -0.238. The summed E-state index contributed by atoms with van der Waals surface area (Å²) in [5.41, 5.74) is 8.07. The summed E-state index contributed by atoms with van der Waals surface area (Å²) in [6, 6.07) is 24.9. The Morgan fingerprint density at radius 2 is 1.59 bits per heavy atom. The smallest absolute Gasteiger partial charge is 0.197 e. The predicted octanol–water partition coefficient (Wildman–Crippen LogP) is 6.70. The summed E-state index contributed by atoms with van der Waals surface area (Å²) in [7, 11) is 1.94. The van der Waals surface area contributed by atoms with Gasteiger partial charge in [-0.25, -0.2) is 0 Å². The standard InChI is InChI=1S/C32H28BNO2S/c1-18(2)19-10-13-28-26(14-19)32(3,4)27-17-22(37-31(27)34(28)21-8-6-5-7-9-21)16-25-29(35)23-12-11-20(33)15-24(23)30(25)36/h5-18H,33H2,1-4H3/b25-16+. The number of fused-ring (bicyclic) bond motifs is 3. The Hall–Kier alpha value is -3.70. The third-order valence-corrected chi connectivity index (χ3v) is 8.73. The normalized spacial score (nSPS) is 16.8. The summed E-state index contributed by atoms with van der Waals surface area (Å²) >= 11 is 1.63. The first-order valence-corrected chi connectivity index (χ1v) is 13.5. The van der Waals surface area contributed by atoms with E-state index in [0.717, 1.165) is 21.0 Å². The van der Waals surface area contributed by atoms with Gasteiger partial charge in [0, 0.05) is 27.1 Å². The molecule has 37 heavy (non-hydrogen) atoms. The quantitative estimate of drug-likeness (QED) is 0.178. The molecule has 1 aromatic heterocycles. The molecule has 0 saturated carbocycles. The van der Waals surface area contributed by atoms with Gasteiger partial charge in [0.25, 0.3) is 0 Å². The zero-order valence-electron chi connectivity index (χ0n) is 21.8. The molecule has 182 valence electrons. The van der Waals surface area contributed by atoms with Crippen molar-refractivity contribution in [2.75, 3.05) is 4.90 Å². The van der Waals surface area contributed by atoms with Crippen LogP contribution in [-0.2, 0) is 5.41 Å².